The van der Waals surface area contributed by atoms with Gasteiger partial charge in [-0.05, 0) is 49.6 Å². The lowest BCUT2D eigenvalue weighted by Crippen LogP contribution is -2.48. The molecule has 29 heavy (non-hydrogen) atoms. The molecule has 1 aliphatic heterocycles. The molecule has 2 aromatic rings. The highest BCUT2D eigenvalue weighted by molar-refractivity contribution is 5.79. The minimum Gasteiger partial charge on any atom is -0.492 e. The second-order valence-electron chi connectivity index (χ2n) is 7.42. The summed E-state index contributed by atoms with van der Waals surface area (Å²) in [7, 11) is 1.75. The van der Waals surface area contributed by atoms with Crippen LogP contribution in [0.15, 0.2) is 53.5 Å². The van der Waals surface area contributed by atoms with Crippen LogP contribution in [0.5, 0.6) is 5.75 Å². The average molecular weight is 400 g/mol. The zero-order valence-electron chi connectivity index (χ0n) is 17.2. The summed E-state index contributed by atoms with van der Waals surface area (Å²) in [5.74, 6) is 1.36. The lowest BCUT2D eigenvalue weighted by atomic mass is 9.74. The molecule has 0 spiro atoms. The molecule has 1 heterocycles. The van der Waals surface area contributed by atoms with Crippen LogP contribution in [0.1, 0.15) is 24.0 Å². The maximum absolute atomic E-state index is 13.8. The zero-order valence-corrected chi connectivity index (χ0v) is 17.2. The fourth-order valence-corrected chi connectivity index (χ4v) is 3.59. The highest BCUT2D eigenvalue weighted by Crippen LogP contribution is 2.34. The number of nitrogens with zero attached hydrogens (tertiary/aromatic N) is 1. The van der Waals surface area contributed by atoms with E-state index in [-0.39, 0.29) is 11.2 Å². The number of benzene rings is 2. The van der Waals surface area contributed by atoms with Crippen LogP contribution >= 0.6 is 0 Å². The molecule has 0 bridgehead atoms. The fourth-order valence-electron chi connectivity index (χ4n) is 3.59. The molecule has 0 saturated carbocycles. The second-order valence-corrected chi connectivity index (χ2v) is 7.42. The van der Waals surface area contributed by atoms with Gasteiger partial charge in [0.05, 0.1) is 6.54 Å². The van der Waals surface area contributed by atoms with Crippen molar-refractivity contribution in [1.29, 1.82) is 0 Å². The molecular formula is C23H30FN3O2. The number of nitrogens with one attached hydrogen (secondary N) is 2. The Morgan fingerprint density at radius 1 is 1.14 bits per heavy atom. The van der Waals surface area contributed by atoms with Crippen molar-refractivity contribution >= 4 is 5.96 Å². The van der Waals surface area contributed by atoms with Gasteiger partial charge in [-0.2, -0.15) is 0 Å². The molecule has 0 atom stereocenters. The Kier molecular flexibility index (Phi) is 7.47. The summed E-state index contributed by atoms with van der Waals surface area (Å²) in [4.78, 5) is 4.30. The Hall–Kier alpha value is -2.60. The molecule has 3 rings (SSSR count). The largest absolute Gasteiger partial charge is 0.492 e. The lowest BCUT2D eigenvalue weighted by Gasteiger charge is -2.38. The summed E-state index contributed by atoms with van der Waals surface area (Å²) in [5.41, 5.74) is 2.04. The Balaban J connectivity index is 1.53. The van der Waals surface area contributed by atoms with Gasteiger partial charge in [-0.25, -0.2) is 4.39 Å². The van der Waals surface area contributed by atoms with Gasteiger partial charge in [0.1, 0.15) is 18.2 Å². The predicted molar refractivity (Wildman–Crippen MR) is 114 cm³/mol. The molecule has 1 fully saturated rings. The van der Waals surface area contributed by atoms with Crippen LogP contribution in [-0.4, -0.2) is 45.9 Å². The Morgan fingerprint density at radius 3 is 2.59 bits per heavy atom. The summed E-state index contributed by atoms with van der Waals surface area (Å²) in [6, 6.07) is 14.9. The normalized spacial score (nSPS) is 16.3. The maximum Gasteiger partial charge on any atom is 0.191 e. The van der Waals surface area contributed by atoms with Crippen LogP contribution in [-0.2, 0) is 10.2 Å². The molecule has 0 radical (unpaired) electrons. The van der Waals surface area contributed by atoms with Crippen LogP contribution in [0.4, 0.5) is 4.39 Å². The number of ether oxygens (including phenoxy) is 2. The number of guanidine groups is 1. The Morgan fingerprint density at radius 2 is 1.90 bits per heavy atom. The second kappa shape index (κ2) is 10.3. The topological polar surface area (TPSA) is 54.9 Å². The van der Waals surface area contributed by atoms with Crippen LogP contribution in [0.25, 0.3) is 0 Å². The van der Waals surface area contributed by atoms with E-state index in [2.05, 4.69) is 22.5 Å². The molecular weight excluding hydrogens is 369 g/mol. The van der Waals surface area contributed by atoms with Crippen molar-refractivity contribution in [3.63, 3.8) is 0 Å². The van der Waals surface area contributed by atoms with Crippen molar-refractivity contribution in [2.24, 2.45) is 4.99 Å². The molecule has 6 heteroatoms. The summed E-state index contributed by atoms with van der Waals surface area (Å²) in [5, 5.41) is 6.69. The van der Waals surface area contributed by atoms with Gasteiger partial charge >= 0.3 is 0 Å². The number of hydrogen-bond donors (Lipinski definition) is 2. The van der Waals surface area contributed by atoms with E-state index in [1.165, 1.54) is 11.6 Å². The van der Waals surface area contributed by atoms with Gasteiger partial charge in [0, 0.05) is 32.2 Å². The number of rotatable bonds is 7. The van der Waals surface area contributed by atoms with Crippen LogP contribution in [0, 0.1) is 12.7 Å². The third-order valence-electron chi connectivity index (χ3n) is 5.39. The molecule has 5 nitrogen and oxygen atoms in total. The highest BCUT2D eigenvalue weighted by atomic mass is 19.1. The molecule has 0 aromatic heterocycles. The smallest absolute Gasteiger partial charge is 0.191 e. The molecule has 0 aliphatic carbocycles. The molecule has 156 valence electrons. The van der Waals surface area contributed by atoms with E-state index in [0.717, 1.165) is 24.2 Å². The number of halogens is 1. The first kappa shape index (κ1) is 21.1. The van der Waals surface area contributed by atoms with Crippen molar-refractivity contribution in [3.05, 3.63) is 65.5 Å². The molecule has 0 amide bonds. The number of aryl methyl sites for hydroxylation is 1. The summed E-state index contributed by atoms with van der Waals surface area (Å²) in [6.45, 7) is 5.23. The summed E-state index contributed by atoms with van der Waals surface area (Å²) < 4.78 is 25.1. The molecule has 0 unspecified atom stereocenters. The maximum atomic E-state index is 13.8. The van der Waals surface area contributed by atoms with Crippen LogP contribution in [0.3, 0.4) is 0 Å². The molecule has 2 N–H and O–H groups in total. The third-order valence-corrected chi connectivity index (χ3v) is 5.39. The first-order valence-electron chi connectivity index (χ1n) is 10.1. The Bertz CT molecular complexity index is 802. The van der Waals surface area contributed by atoms with Crippen molar-refractivity contribution in [3.8, 4) is 5.75 Å². The van der Waals surface area contributed by atoms with E-state index in [0.29, 0.717) is 38.9 Å². The fraction of sp³-hybridized carbons (Fsp3) is 0.435. The zero-order chi connectivity index (χ0) is 20.5. The van der Waals surface area contributed by atoms with E-state index < -0.39 is 0 Å². The first-order chi connectivity index (χ1) is 14.1. The van der Waals surface area contributed by atoms with Crippen molar-refractivity contribution in [1.82, 2.24) is 10.6 Å². The third kappa shape index (κ3) is 5.94. The average Bonchev–Trinajstić information content (AvgIpc) is 2.75. The minimum atomic E-state index is -0.205. The van der Waals surface area contributed by atoms with Gasteiger partial charge in [-0.1, -0.05) is 29.8 Å². The molecule has 2 aromatic carbocycles. The van der Waals surface area contributed by atoms with Gasteiger partial charge < -0.3 is 20.1 Å². The lowest BCUT2D eigenvalue weighted by molar-refractivity contribution is 0.0513. The molecule has 1 saturated heterocycles. The Labute approximate surface area is 172 Å². The van der Waals surface area contributed by atoms with E-state index in [1.54, 1.807) is 19.2 Å². The van der Waals surface area contributed by atoms with Crippen molar-refractivity contribution in [2.45, 2.75) is 25.2 Å². The SMILES string of the molecule is CN=C(NCCOc1ccc(C)cc1)NCC1(c2cccc(F)c2)CCOCC1. The van der Waals surface area contributed by atoms with Gasteiger partial charge in [-0.15, -0.1) is 0 Å². The number of hydrogen-bond acceptors (Lipinski definition) is 3. The van der Waals surface area contributed by atoms with Crippen molar-refractivity contribution in [2.75, 3.05) is 40.0 Å². The van der Waals surface area contributed by atoms with Gasteiger partial charge in [0.15, 0.2) is 5.96 Å². The summed E-state index contributed by atoms with van der Waals surface area (Å²) >= 11 is 0. The van der Waals surface area contributed by atoms with Gasteiger partial charge in [-0.3, -0.25) is 4.99 Å². The highest BCUT2D eigenvalue weighted by Gasteiger charge is 2.34. The van der Waals surface area contributed by atoms with Crippen LogP contribution in [0.2, 0.25) is 0 Å². The minimum absolute atomic E-state index is 0.170. The van der Waals surface area contributed by atoms with E-state index >= 15 is 0 Å². The predicted octanol–water partition coefficient (Wildman–Crippen LogP) is 3.43. The van der Waals surface area contributed by atoms with E-state index in [4.69, 9.17) is 9.47 Å². The van der Waals surface area contributed by atoms with Gasteiger partial charge in [0.25, 0.3) is 0 Å². The standard InChI is InChI=1S/C23H30FN3O2/c1-18-6-8-21(9-7-18)29-15-12-26-22(25-2)27-17-23(10-13-28-14-11-23)19-4-3-5-20(24)16-19/h3-9,16H,10-15,17H2,1-2H3,(H2,25,26,27). The van der Waals surface area contributed by atoms with E-state index in [9.17, 15) is 4.39 Å². The van der Waals surface area contributed by atoms with Crippen LogP contribution < -0.4 is 15.4 Å². The first-order valence-corrected chi connectivity index (χ1v) is 10.1. The molecule has 1 aliphatic rings. The van der Waals surface area contributed by atoms with Crippen molar-refractivity contribution < 1.29 is 13.9 Å². The van der Waals surface area contributed by atoms with Gasteiger partial charge in [0.2, 0.25) is 0 Å². The quantitative estimate of drug-likeness (QED) is 0.426. The monoisotopic (exact) mass is 399 g/mol. The van der Waals surface area contributed by atoms with E-state index in [1.807, 2.05) is 30.3 Å². The summed E-state index contributed by atoms with van der Waals surface area (Å²) in [6.07, 6.45) is 1.69. The number of aliphatic imine (C=N–C) groups is 1.